The average Bonchev–Trinajstić information content (AvgIpc) is 3.36. The summed E-state index contributed by atoms with van der Waals surface area (Å²) in [5, 5.41) is 14.7. The summed E-state index contributed by atoms with van der Waals surface area (Å²) in [6, 6.07) is 19.5. The fourth-order valence-electron chi connectivity index (χ4n) is 2.98. The van der Waals surface area contributed by atoms with Crippen LogP contribution in [0.4, 0.5) is 0 Å². The smallest absolute Gasteiger partial charge is 0.235 e. The molecule has 27 heavy (non-hydrogen) atoms. The Morgan fingerprint density at radius 1 is 0.963 bits per heavy atom. The fraction of sp³-hybridized carbons (Fsp3) is 0.0500. The Labute approximate surface area is 163 Å². The molecular formula is C20H13ClN4OS. The van der Waals surface area contributed by atoms with Crippen LogP contribution in [0, 0.1) is 6.92 Å². The maximum Gasteiger partial charge on any atom is 0.235 e. The van der Waals surface area contributed by atoms with Crippen molar-refractivity contribution in [1.82, 2.24) is 19.8 Å². The van der Waals surface area contributed by atoms with Gasteiger partial charge in [0, 0.05) is 11.1 Å². The van der Waals surface area contributed by atoms with Crippen molar-refractivity contribution in [3.63, 3.8) is 0 Å². The Morgan fingerprint density at radius 3 is 2.56 bits per heavy atom. The Balaban J connectivity index is 1.61. The predicted octanol–water partition coefficient (Wildman–Crippen LogP) is 5.74. The van der Waals surface area contributed by atoms with Crippen molar-refractivity contribution in [2.24, 2.45) is 0 Å². The van der Waals surface area contributed by atoms with Crippen LogP contribution in [0.5, 0.6) is 0 Å². The Bertz CT molecular complexity index is 1260. The van der Waals surface area contributed by atoms with Gasteiger partial charge in [-0.15, -0.1) is 10.2 Å². The van der Waals surface area contributed by atoms with E-state index in [1.54, 1.807) is 4.52 Å². The highest BCUT2D eigenvalue weighted by Gasteiger charge is 2.19. The minimum absolute atomic E-state index is 0.655. The summed E-state index contributed by atoms with van der Waals surface area (Å²) in [6.07, 6.45) is 0. The number of hydrogen-bond acceptors (Lipinski definition) is 5. The van der Waals surface area contributed by atoms with Gasteiger partial charge in [0.1, 0.15) is 11.5 Å². The van der Waals surface area contributed by atoms with Crippen molar-refractivity contribution in [3.8, 4) is 33.3 Å². The van der Waals surface area contributed by atoms with Crippen molar-refractivity contribution in [1.29, 1.82) is 0 Å². The summed E-state index contributed by atoms with van der Waals surface area (Å²) in [5.41, 5.74) is 2.77. The van der Waals surface area contributed by atoms with Gasteiger partial charge >= 0.3 is 0 Å². The lowest BCUT2D eigenvalue weighted by Gasteiger charge is -1.98. The standard InChI is InChI=1S/C20H13ClN4OS/c1-12-15(11-17(26-12)14-9-5-6-10-16(14)21)19-24-25-18(22-23-20(25)27-19)13-7-3-2-4-8-13/h2-11H,1H3. The van der Waals surface area contributed by atoms with Crippen LogP contribution in [0.15, 0.2) is 65.1 Å². The van der Waals surface area contributed by atoms with Gasteiger partial charge < -0.3 is 4.42 Å². The lowest BCUT2D eigenvalue weighted by Crippen LogP contribution is -1.90. The molecule has 0 N–H and O–H groups in total. The number of rotatable bonds is 3. The van der Waals surface area contributed by atoms with E-state index in [1.165, 1.54) is 11.3 Å². The summed E-state index contributed by atoms with van der Waals surface area (Å²) >= 11 is 7.78. The Morgan fingerprint density at radius 2 is 1.74 bits per heavy atom. The summed E-state index contributed by atoms with van der Waals surface area (Å²) in [5.74, 6) is 2.24. The average molecular weight is 393 g/mol. The SMILES string of the molecule is Cc1oc(-c2ccccc2Cl)cc1-c1nn2c(-c3ccccc3)nnc2s1. The molecule has 0 spiro atoms. The van der Waals surface area contributed by atoms with Crippen LogP contribution < -0.4 is 0 Å². The van der Waals surface area contributed by atoms with E-state index in [9.17, 15) is 0 Å². The van der Waals surface area contributed by atoms with Gasteiger partial charge in [-0.1, -0.05) is 65.4 Å². The van der Waals surface area contributed by atoms with Gasteiger partial charge in [-0.3, -0.25) is 0 Å². The molecule has 0 bridgehead atoms. The van der Waals surface area contributed by atoms with Crippen LogP contribution in [0.2, 0.25) is 5.02 Å². The zero-order chi connectivity index (χ0) is 18.4. The molecular weight excluding hydrogens is 380 g/mol. The van der Waals surface area contributed by atoms with Gasteiger partial charge in [-0.25, -0.2) is 0 Å². The van der Waals surface area contributed by atoms with E-state index in [2.05, 4.69) is 10.2 Å². The second-order valence-corrected chi connectivity index (χ2v) is 7.41. The van der Waals surface area contributed by atoms with Crippen LogP contribution in [-0.4, -0.2) is 19.8 Å². The van der Waals surface area contributed by atoms with Gasteiger partial charge in [0.05, 0.1) is 10.6 Å². The second-order valence-electron chi connectivity index (χ2n) is 6.05. The van der Waals surface area contributed by atoms with Crippen molar-refractivity contribution < 1.29 is 4.42 Å². The summed E-state index contributed by atoms with van der Waals surface area (Å²) in [4.78, 5) is 0.740. The molecule has 0 amide bonds. The number of furan rings is 1. The maximum atomic E-state index is 6.31. The van der Waals surface area contributed by atoms with Crippen molar-refractivity contribution in [2.45, 2.75) is 6.92 Å². The lowest BCUT2D eigenvalue weighted by atomic mass is 10.1. The van der Waals surface area contributed by atoms with E-state index in [0.29, 0.717) is 5.02 Å². The lowest BCUT2D eigenvalue weighted by molar-refractivity contribution is 0.549. The third kappa shape index (κ3) is 2.74. The number of halogens is 1. The van der Waals surface area contributed by atoms with E-state index < -0.39 is 0 Å². The number of aromatic nitrogens is 4. The zero-order valence-electron chi connectivity index (χ0n) is 14.3. The molecule has 0 aliphatic heterocycles. The van der Waals surface area contributed by atoms with Crippen molar-refractivity contribution >= 4 is 27.9 Å². The molecule has 2 aromatic carbocycles. The second kappa shape index (κ2) is 6.33. The Hall–Kier alpha value is -2.96. The number of fused-ring (bicyclic) bond motifs is 1. The van der Waals surface area contributed by atoms with E-state index in [4.69, 9.17) is 21.1 Å². The molecule has 132 valence electrons. The largest absolute Gasteiger partial charge is 0.461 e. The molecule has 5 aromatic rings. The van der Waals surface area contributed by atoms with E-state index >= 15 is 0 Å². The highest BCUT2D eigenvalue weighted by molar-refractivity contribution is 7.19. The Kier molecular flexibility index (Phi) is 3.81. The number of aryl methyl sites for hydroxylation is 1. The molecule has 0 radical (unpaired) electrons. The quantitative estimate of drug-likeness (QED) is 0.392. The zero-order valence-corrected chi connectivity index (χ0v) is 15.8. The minimum atomic E-state index is 0.655. The molecule has 0 fully saturated rings. The van der Waals surface area contributed by atoms with Crippen LogP contribution in [-0.2, 0) is 0 Å². The molecule has 0 saturated carbocycles. The molecule has 5 nitrogen and oxygen atoms in total. The maximum absolute atomic E-state index is 6.31. The summed E-state index contributed by atoms with van der Waals surface area (Å²) < 4.78 is 7.74. The topological polar surface area (TPSA) is 56.2 Å². The first-order chi connectivity index (χ1) is 13.2. The predicted molar refractivity (Wildman–Crippen MR) is 107 cm³/mol. The van der Waals surface area contributed by atoms with E-state index in [-0.39, 0.29) is 0 Å². The van der Waals surface area contributed by atoms with Crippen LogP contribution >= 0.6 is 22.9 Å². The first-order valence-corrected chi connectivity index (χ1v) is 9.53. The molecule has 7 heteroatoms. The van der Waals surface area contributed by atoms with Gasteiger partial charge in [0.2, 0.25) is 4.96 Å². The molecule has 0 unspecified atom stereocenters. The van der Waals surface area contributed by atoms with Gasteiger partial charge in [-0.2, -0.15) is 9.61 Å². The molecule has 0 atom stereocenters. The normalized spacial score (nSPS) is 11.3. The molecule has 0 aliphatic rings. The molecule has 0 saturated heterocycles. The molecule has 0 aliphatic carbocycles. The van der Waals surface area contributed by atoms with Gasteiger partial charge in [0.15, 0.2) is 10.8 Å². The first kappa shape index (κ1) is 16.2. The summed E-state index contributed by atoms with van der Waals surface area (Å²) in [7, 11) is 0. The minimum Gasteiger partial charge on any atom is -0.461 e. The van der Waals surface area contributed by atoms with Crippen molar-refractivity contribution in [2.75, 3.05) is 0 Å². The first-order valence-electron chi connectivity index (χ1n) is 8.34. The van der Waals surface area contributed by atoms with Gasteiger partial charge in [0.25, 0.3) is 0 Å². The van der Waals surface area contributed by atoms with Crippen LogP contribution in [0.1, 0.15) is 5.76 Å². The van der Waals surface area contributed by atoms with Crippen LogP contribution in [0.3, 0.4) is 0 Å². The van der Waals surface area contributed by atoms with E-state index in [0.717, 1.165) is 44.0 Å². The molecule has 5 rings (SSSR count). The molecule has 3 aromatic heterocycles. The highest BCUT2D eigenvalue weighted by Crippen LogP contribution is 2.37. The highest BCUT2D eigenvalue weighted by atomic mass is 35.5. The number of nitrogens with zero attached hydrogens (tertiary/aromatic N) is 4. The number of benzene rings is 2. The van der Waals surface area contributed by atoms with Crippen molar-refractivity contribution in [3.05, 3.63) is 71.4 Å². The third-order valence-corrected chi connectivity index (χ3v) is 5.57. The fourth-order valence-corrected chi connectivity index (χ4v) is 4.11. The summed E-state index contributed by atoms with van der Waals surface area (Å²) in [6.45, 7) is 1.93. The van der Waals surface area contributed by atoms with Crippen LogP contribution in [0.25, 0.3) is 38.2 Å². The number of hydrogen-bond donors (Lipinski definition) is 0. The third-order valence-electron chi connectivity index (χ3n) is 4.31. The van der Waals surface area contributed by atoms with E-state index in [1.807, 2.05) is 67.6 Å². The monoisotopic (exact) mass is 392 g/mol. The molecule has 3 heterocycles. The van der Waals surface area contributed by atoms with Gasteiger partial charge in [-0.05, 0) is 25.1 Å².